The minimum atomic E-state index is -0.0792. The number of hydrogen-bond donors (Lipinski definition) is 2. The SMILES string of the molecule is COc1cc(Cl)c(C)cc1NC(=O)C1C2CCC(C2)C1N. The van der Waals surface area contributed by atoms with Gasteiger partial charge in [-0.05, 0) is 49.7 Å². The molecule has 2 aliphatic carbocycles. The van der Waals surface area contributed by atoms with Crippen molar-refractivity contribution in [3.8, 4) is 5.75 Å². The lowest BCUT2D eigenvalue weighted by Gasteiger charge is -2.27. The zero-order valence-corrected chi connectivity index (χ0v) is 13.1. The molecular weight excluding hydrogens is 288 g/mol. The minimum absolute atomic E-state index is 0.00900. The number of nitrogens with one attached hydrogen (secondary N) is 1. The summed E-state index contributed by atoms with van der Waals surface area (Å²) in [6.07, 6.45) is 3.38. The Morgan fingerprint density at radius 2 is 2.10 bits per heavy atom. The normalized spacial score (nSPS) is 30.5. The molecular formula is C16H21ClN2O2. The summed E-state index contributed by atoms with van der Waals surface area (Å²) in [7, 11) is 1.57. The third-order valence-corrected chi connectivity index (χ3v) is 5.43. The highest BCUT2D eigenvalue weighted by Crippen LogP contribution is 2.48. The molecule has 21 heavy (non-hydrogen) atoms. The molecule has 1 amide bonds. The van der Waals surface area contributed by atoms with Crippen molar-refractivity contribution in [3.05, 3.63) is 22.7 Å². The molecule has 0 heterocycles. The second-order valence-corrected chi connectivity index (χ2v) is 6.63. The van der Waals surface area contributed by atoms with Gasteiger partial charge in [0.15, 0.2) is 0 Å². The molecule has 2 aliphatic rings. The van der Waals surface area contributed by atoms with E-state index in [1.165, 1.54) is 6.42 Å². The number of halogens is 1. The van der Waals surface area contributed by atoms with Gasteiger partial charge in [0.05, 0.1) is 18.7 Å². The summed E-state index contributed by atoms with van der Waals surface area (Å²) in [5, 5.41) is 3.61. The number of amides is 1. The first-order chi connectivity index (χ1) is 10.0. The molecule has 2 fully saturated rings. The molecule has 4 atom stereocenters. The van der Waals surface area contributed by atoms with E-state index in [9.17, 15) is 4.79 Å². The fourth-order valence-electron chi connectivity index (χ4n) is 3.87. The molecule has 2 bridgehead atoms. The molecule has 3 N–H and O–H groups in total. The van der Waals surface area contributed by atoms with Crippen LogP contribution in [-0.2, 0) is 4.79 Å². The Bertz CT molecular complexity index is 574. The predicted molar refractivity (Wildman–Crippen MR) is 83.7 cm³/mol. The number of ether oxygens (including phenoxy) is 1. The zero-order chi connectivity index (χ0) is 15.1. The number of nitrogens with two attached hydrogens (primary N) is 1. The van der Waals surface area contributed by atoms with E-state index in [-0.39, 0.29) is 17.9 Å². The number of carbonyl (C=O) groups is 1. The highest BCUT2D eigenvalue weighted by molar-refractivity contribution is 6.31. The van der Waals surface area contributed by atoms with Crippen molar-refractivity contribution in [3.63, 3.8) is 0 Å². The number of fused-ring (bicyclic) bond motifs is 2. The molecule has 0 aliphatic heterocycles. The van der Waals surface area contributed by atoms with Crippen molar-refractivity contribution in [1.82, 2.24) is 0 Å². The van der Waals surface area contributed by atoms with Crippen LogP contribution in [0.5, 0.6) is 5.75 Å². The van der Waals surface area contributed by atoms with Gasteiger partial charge < -0.3 is 15.8 Å². The Balaban J connectivity index is 1.80. The molecule has 0 saturated heterocycles. The van der Waals surface area contributed by atoms with Crippen LogP contribution in [0.2, 0.25) is 5.02 Å². The monoisotopic (exact) mass is 308 g/mol. The quantitative estimate of drug-likeness (QED) is 0.902. The van der Waals surface area contributed by atoms with Crippen LogP contribution in [0.15, 0.2) is 12.1 Å². The molecule has 1 aromatic rings. The minimum Gasteiger partial charge on any atom is -0.495 e. The van der Waals surface area contributed by atoms with E-state index in [4.69, 9.17) is 22.1 Å². The predicted octanol–water partition coefficient (Wildman–Crippen LogP) is 2.97. The molecule has 0 radical (unpaired) electrons. The van der Waals surface area contributed by atoms with Crippen LogP contribution in [-0.4, -0.2) is 19.1 Å². The Labute approximate surface area is 130 Å². The van der Waals surface area contributed by atoms with Gasteiger partial charge in [-0.2, -0.15) is 0 Å². The largest absolute Gasteiger partial charge is 0.495 e. The van der Waals surface area contributed by atoms with Gasteiger partial charge in [-0.25, -0.2) is 0 Å². The molecule has 2 saturated carbocycles. The average Bonchev–Trinajstić information content (AvgIpc) is 3.03. The Hall–Kier alpha value is -1.26. The summed E-state index contributed by atoms with van der Waals surface area (Å²) in [5.74, 6) is 1.46. The Morgan fingerprint density at radius 3 is 2.71 bits per heavy atom. The van der Waals surface area contributed by atoms with Crippen molar-refractivity contribution < 1.29 is 9.53 Å². The second kappa shape index (κ2) is 5.50. The van der Waals surface area contributed by atoms with E-state index in [1.807, 2.05) is 13.0 Å². The van der Waals surface area contributed by atoms with Gasteiger partial charge in [0.1, 0.15) is 5.75 Å². The maximum absolute atomic E-state index is 12.6. The smallest absolute Gasteiger partial charge is 0.229 e. The lowest BCUT2D eigenvalue weighted by atomic mass is 9.84. The van der Waals surface area contributed by atoms with Gasteiger partial charge >= 0.3 is 0 Å². The maximum atomic E-state index is 12.6. The average molecular weight is 309 g/mol. The van der Waals surface area contributed by atoms with Crippen molar-refractivity contribution in [2.45, 2.75) is 32.2 Å². The maximum Gasteiger partial charge on any atom is 0.229 e. The van der Waals surface area contributed by atoms with Crippen LogP contribution in [0.1, 0.15) is 24.8 Å². The molecule has 0 aromatic heterocycles. The second-order valence-electron chi connectivity index (χ2n) is 6.23. The van der Waals surface area contributed by atoms with Crippen LogP contribution in [0.3, 0.4) is 0 Å². The van der Waals surface area contributed by atoms with Gasteiger partial charge in [-0.1, -0.05) is 11.6 Å². The highest BCUT2D eigenvalue weighted by atomic mass is 35.5. The summed E-state index contributed by atoms with van der Waals surface area (Å²) < 4.78 is 5.30. The number of rotatable bonds is 3. The summed E-state index contributed by atoms with van der Waals surface area (Å²) in [4.78, 5) is 12.6. The molecule has 4 unspecified atom stereocenters. The van der Waals surface area contributed by atoms with Crippen LogP contribution in [0, 0.1) is 24.7 Å². The fourth-order valence-corrected chi connectivity index (χ4v) is 4.02. The van der Waals surface area contributed by atoms with Crippen LogP contribution < -0.4 is 15.8 Å². The topological polar surface area (TPSA) is 64.3 Å². The molecule has 1 aromatic carbocycles. The van der Waals surface area contributed by atoms with E-state index < -0.39 is 0 Å². The number of carbonyl (C=O) groups excluding carboxylic acids is 1. The molecule has 0 spiro atoms. The number of methoxy groups -OCH3 is 1. The Morgan fingerprint density at radius 1 is 1.38 bits per heavy atom. The number of aryl methyl sites for hydroxylation is 1. The van der Waals surface area contributed by atoms with Gasteiger partial charge in [0.25, 0.3) is 0 Å². The lowest BCUT2D eigenvalue weighted by Crippen LogP contribution is -2.42. The molecule has 3 rings (SSSR count). The summed E-state index contributed by atoms with van der Waals surface area (Å²) in [6.45, 7) is 1.90. The number of hydrogen-bond acceptors (Lipinski definition) is 3. The lowest BCUT2D eigenvalue weighted by molar-refractivity contribution is -0.121. The summed E-state index contributed by atoms with van der Waals surface area (Å²) in [6, 6.07) is 3.56. The first-order valence-electron chi connectivity index (χ1n) is 7.42. The molecule has 114 valence electrons. The van der Waals surface area contributed by atoms with E-state index >= 15 is 0 Å². The third-order valence-electron chi connectivity index (χ3n) is 5.02. The van der Waals surface area contributed by atoms with Crippen molar-refractivity contribution in [2.75, 3.05) is 12.4 Å². The van der Waals surface area contributed by atoms with Crippen molar-refractivity contribution in [1.29, 1.82) is 0 Å². The van der Waals surface area contributed by atoms with E-state index in [1.54, 1.807) is 13.2 Å². The standard InChI is InChI=1S/C16H21ClN2O2/c1-8-5-12(13(21-2)7-11(8)17)19-16(20)14-9-3-4-10(6-9)15(14)18/h5,7,9-10,14-15H,3-4,6,18H2,1-2H3,(H,19,20). The number of benzene rings is 1. The molecule has 5 heteroatoms. The van der Waals surface area contributed by atoms with Gasteiger partial charge in [-0.3, -0.25) is 4.79 Å². The first-order valence-corrected chi connectivity index (χ1v) is 7.79. The van der Waals surface area contributed by atoms with Crippen molar-refractivity contribution >= 4 is 23.2 Å². The first kappa shape index (κ1) is 14.7. The van der Waals surface area contributed by atoms with E-state index in [0.29, 0.717) is 28.3 Å². The van der Waals surface area contributed by atoms with Gasteiger partial charge in [0, 0.05) is 17.1 Å². The van der Waals surface area contributed by atoms with Crippen LogP contribution >= 0.6 is 11.6 Å². The third kappa shape index (κ3) is 2.51. The fraction of sp³-hybridized carbons (Fsp3) is 0.562. The van der Waals surface area contributed by atoms with Crippen LogP contribution in [0.4, 0.5) is 5.69 Å². The van der Waals surface area contributed by atoms with E-state index in [0.717, 1.165) is 18.4 Å². The highest BCUT2D eigenvalue weighted by Gasteiger charge is 2.49. The summed E-state index contributed by atoms with van der Waals surface area (Å²) in [5.41, 5.74) is 7.80. The van der Waals surface area contributed by atoms with Crippen molar-refractivity contribution in [2.24, 2.45) is 23.5 Å². The van der Waals surface area contributed by atoms with Gasteiger partial charge in [-0.15, -0.1) is 0 Å². The van der Waals surface area contributed by atoms with Crippen LogP contribution in [0.25, 0.3) is 0 Å². The summed E-state index contributed by atoms with van der Waals surface area (Å²) >= 11 is 6.09. The number of anilines is 1. The zero-order valence-electron chi connectivity index (χ0n) is 12.4. The molecule has 4 nitrogen and oxygen atoms in total. The van der Waals surface area contributed by atoms with E-state index in [2.05, 4.69) is 5.32 Å². The van der Waals surface area contributed by atoms with Gasteiger partial charge in [0.2, 0.25) is 5.91 Å². The Kier molecular flexibility index (Phi) is 3.84.